The van der Waals surface area contributed by atoms with Crippen LogP contribution in [0.3, 0.4) is 0 Å². The third-order valence-electron chi connectivity index (χ3n) is 27.0. The van der Waals surface area contributed by atoms with Crippen molar-refractivity contribution >= 4 is 17.9 Å². The summed E-state index contributed by atoms with van der Waals surface area (Å²) in [6.07, 6.45) is -53.7. The molecule has 4 saturated carbocycles. The smallest absolute Gasteiger partial charge is 0.317 e. The highest BCUT2D eigenvalue weighted by molar-refractivity contribution is 5.80. The summed E-state index contributed by atoms with van der Waals surface area (Å²) in [5.41, 5.74) is -8.07. The molecule has 7 heterocycles. The zero-order valence-electron chi connectivity index (χ0n) is 62.1. The van der Waals surface area contributed by atoms with E-state index in [0.29, 0.717) is 25.7 Å². The summed E-state index contributed by atoms with van der Waals surface area (Å²) in [5.74, 6) is -5.18. The Hall–Kier alpha value is -3.13. The molecule has 0 radical (unpaired) electrons. The van der Waals surface area contributed by atoms with Crippen LogP contribution in [-0.4, -0.2) is 368 Å². The topological polar surface area (TPSA) is 594 Å². The van der Waals surface area contributed by atoms with Crippen LogP contribution >= 0.6 is 0 Å². The van der Waals surface area contributed by atoms with Crippen LogP contribution in [0.1, 0.15) is 114 Å². The molecule has 38 nitrogen and oxygen atoms in total. The fourth-order valence-electron chi connectivity index (χ4n) is 20.5. The van der Waals surface area contributed by atoms with Gasteiger partial charge in [-0.3, -0.25) is 14.4 Å². The number of carboxylic acids is 1. The normalized spacial score (nSPS) is 54.0. The van der Waals surface area contributed by atoms with Gasteiger partial charge < -0.3 is 173 Å². The molecule has 0 spiro atoms. The van der Waals surface area contributed by atoms with Crippen LogP contribution in [0.4, 0.5) is 0 Å². The Kier molecular flexibility index (Phi) is 24.8. The number of carbonyl (C=O) groups excluding carboxylic acids is 2. The maximum Gasteiger partial charge on any atom is 0.317 e. The second-order valence-corrected chi connectivity index (χ2v) is 34.1. The molecule has 7 saturated heterocycles. The molecule has 38 heteroatoms. The Labute approximate surface area is 627 Å². The van der Waals surface area contributed by atoms with Crippen molar-refractivity contribution in [3.05, 3.63) is 11.6 Å². The first kappa shape index (κ1) is 85.2. The highest BCUT2D eigenvalue weighted by Gasteiger charge is 2.75. The van der Waals surface area contributed by atoms with Gasteiger partial charge in [0.25, 0.3) is 0 Å². The van der Waals surface area contributed by atoms with Crippen molar-refractivity contribution in [2.24, 2.45) is 50.2 Å². The molecular formula is C71H112O38. The highest BCUT2D eigenvalue weighted by Crippen LogP contribution is 2.76. The Bertz CT molecular complexity index is 3230. The van der Waals surface area contributed by atoms with E-state index in [-0.39, 0.29) is 25.7 Å². The number of aliphatic hydroxyl groups excluding tert-OH is 18. The van der Waals surface area contributed by atoms with Gasteiger partial charge in [-0.25, -0.2) is 0 Å². The summed E-state index contributed by atoms with van der Waals surface area (Å²) in [6.45, 7) is 10.9. The van der Waals surface area contributed by atoms with Gasteiger partial charge in [0.05, 0.1) is 69.5 Å². The average Bonchev–Trinajstić information content (AvgIpc) is 1.01. The Balaban J connectivity index is 0.727. The van der Waals surface area contributed by atoms with Crippen molar-refractivity contribution in [2.45, 2.75) is 322 Å². The minimum Gasteiger partial charge on any atom is -0.481 e. The lowest BCUT2D eigenvalue weighted by Gasteiger charge is -2.71. The number of carboxylic acid groups (broad SMARTS) is 1. The lowest BCUT2D eigenvalue weighted by atomic mass is 9.33. The molecule has 12 rings (SSSR count). The van der Waals surface area contributed by atoms with Gasteiger partial charge in [-0.1, -0.05) is 46.3 Å². The van der Waals surface area contributed by atoms with E-state index in [1.807, 2.05) is 27.7 Å². The molecule has 0 amide bonds. The van der Waals surface area contributed by atoms with Gasteiger partial charge in [0, 0.05) is 6.92 Å². The first-order valence-electron chi connectivity index (χ1n) is 37.5. The lowest BCUT2D eigenvalue weighted by Crippen LogP contribution is -2.71. The number of ether oxygens (including phenoxy) is 15. The zero-order valence-corrected chi connectivity index (χ0v) is 62.1. The van der Waals surface area contributed by atoms with Gasteiger partial charge in [-0.2, -0.15) is 0 Å². The molecule has 0 unspecified atom stereocenters. The largest absolute Gasteiger partial charge is 0.481 e. The number of aliphatic hydroxyl groups is 19. The van der Waals surface area contributed by atoms with Gasteiger partial charge in [-0.05, 0) is 112 Å². The predicted octanol–water partition coefficient (Wildman–Crippen LogP) is -7.01. The van der Waals surface area contributed by atoms with E-state index in [2.05, 4.69) is 13.0 Å². The van der Waals surface area contributed by atoms with Crippen LogP contribution in [0.15, 0.2) is 11.6 Å². The number of fused-ring (bicyclic) bond motifs is 7. The third-order valence-corrected chi connectivity index (χ3v) is 27.0. The average molecular weight is 1570 g/mol. The number of carbonyl (C=O) groups is 3. The Morgan fingerprint density at radius 3 is 1.74 bits per heavy atom. The molecular weight excluding hydrogens is 1460 g/mol. The van der Waals surface area contributed by atoms with E-state index in [9.17, 15) is 112 Å². The van der Waals surface area contributed by atoms with Crippen LogP contribution in [0.5, 0.6) is 0 Å². The standard InChI is InChI=1S/C71H112O38/c1-25-38(80)51(106-62-54(90)70(94,23-74)24-97-62)47(89)59(98-25)107-52-39(81)31(77)21-96-60(52)103-48-26(2)99-57(44(86)42(48)84)104-49-32(78)22-95-56(46(49)88)109-64(93)71-15-14-65(4,5)16-29(71)28-10-11-35-66(6)17-30(76)55(69(9,63(91)92)36(66)12-13-67(35,7)68(28,8)18-37(71)79)108-61-53(100-27(3)75)45(87)50(34(20-73)102-61)105-58-43(85)41(83)40(82)33(19-72)101-58/h10,25-26,29-62,72-74,76-90,94H,11-24H2,1-9H3,(H,91,92)/t25-,26-,29-,30-,31+,32+,33+,34+,35+,36+,37+,38-,39-,40+,41-,42-,43+,44+,45-,46+,47+,48-,49-,50+,51+,52+,53+,54-,55-,56+,57-,58-,59-,60-,61-,62-,66+,67+,68+,69-,70+,71+/m0/s1. The van der Waals surface area contributed by atoms with E-state index in [0.717, 1.165) is 12.5 Å². The van der Waals surface area contributed by atoms with E-state index < -0.39 is 316 Å². The number of hydrogen-bond acceptors (Lipinski definition) is 37. The molecule has 624 valence electrons. The van der Waals surface area contributed by atoms with E-state index >= 15 is 4.79 Å². The first-order valence-corrected chi connectivity index (χ1v) is 37.5. The highest BCUT2D eigenvalue weighted by atomic mass is 16.8. The van der Waals surface area contributed by atoms with Crippen molar-refractivity contribution in [2.75, 3.05) is 39.6 Å². The van der Waals surface area contributed by atoms with Gasteiger partial charge in [0.15, 0.2) is 43.8 Å². The SMILES string of the molecule is CC(=O)O[C@H]1[C@H](O[C@H]2[C@@H](O)C[C@@]3(C)[C@@H](CC[C@]4(C)[C@@H]3CC=C3[C@@H]5CC(C)(C)CC[C@]5(C(=O)O[C@H]5OC[C@@H](O)[C@H](O[C@@H]6O[C@@H](C)[C@H](O[C@@H]7OC[C@@H](O)[C@H](O)[C@H]7O[C@@H]7O[C@@H](C)[C@H](O)[C@@H](O[C@@H]8OC[C@](O)(CO)[C@H]8O)[C@H]7O)[C@@H](O)[C@H]6O)[C@H]5O)[C@H](O)C[C@]34C)[C@]2(C)C(=O)O)O[C@H](CO)[C@@H](O[C@@H]2O[C@H](CO)[C@@H](O)[C@H](O)[C@H]2O)[C@@H]1O. The number of esters is 2. The molecule has 0 bridgehead atoms. The second-order valence-electron chi connectivity index (χ2n) is 34.1. The van der Waals surface area contributed by atoms with E-state index in [1.165, 1.54) is 20.8 Å². The summed E-state index contributed by atoms with van der Waals surface area (Å²) < 4.78 is 88.0. The molecule has 20 N–H and O–H groups in total. The maximum atomic E-state index is 15.5. The van der Waals surface area contributed by atoms with Gasteiger partial charge in [0.1, 0.15) is 139 Å². The van der Waals surface area contributed by atoms with E-state index in [4.69, 9.17) is 71.1 Å². The molecule has 12 aliphatic rings. The number of rotatable bonds is 19. The Morgan fingerprint density at radius 1 is 0.505 bits per heavy atom. The maximum absolute atomic E-state index is 15.5. The van der Waals surface area contributed by atoms with Crippen LogP contribution in [0, 0.1) is 50.2 Å². The number of aliphatic carboxylic acids is 1. The number of hydrogen-bond donors (Lipinski definition) is 20. The van der Waals surface area contributed by atoms with Crippen molar-refractivity contribution in [1.82, 2.24) is 0 Å². The summed E-state index contributed by atoms with van der Waals surface area (Å²) in [5, 5.41) is 224. The third kappa shape index (κ3) is 14.6. The minimum atomic E-state index is -2.13. The number of allylic oxidation sites excluding steroid dienone is 2. The fourth-order valence-corrected chi connectivity index (χ4v) is 20.5. The summed E-state index contributed by atoms with van der Waals surface area (Å²) in [4.78, 5) is 42.5. The van der Waals surface area contributed by atoms with Gasteiger partial charge in [0.2, 0.25) is 6.29 Å². The molecule has 0 aromatic carbocycles. The van der Waals surface area contributed by atoms with Crippen molar-refractivity contribution in [1.29, 1.82) is 0 Å². The minimum absolute atomic E-state index is 0.0134. The summed E-state index contributed by atoms with van der Waals surface area (Å²) >= 11 is 0. The van der Waals surface area contributed by atoms with Crippen LogP contribution in [-0.2, 0) is 85.4 Å². The van der Waals surface area contributed by atoms with E-state index in [1.54, 1.807) is 0 Å². The molecule has 0 aromatic rings. The van der Waals surface area contributed by atoms with Gasteiger partial charge in [-0.15, -0.1) is 0 Å². The molecule has 11 fully saturated rings. The van der Waals surface area contributed by atoms with Crippen molar-refractivity contribution in [3.8, 4) is 0 Å². The molecule has 109 heavy (non-hydrogen) atoms. The summed E-state index contributed by atoms with van der Waals surface area (Å²) in [6, 6.07) is 0. The lowest BCUT2D eigenvalue weighted by molar-refractivity contribution is -0.385. The predicted molar refractivity (Wildman–Crippen MR) is 354 cm³/mol. The zero-order chi connectivity index (χ0) is 79.8. The molecule has 5 aliphatic carbocycles. The fraction of sp³-hybridized carbons (Fsp3) is 0.930. The molecule has 0 aromatic heterocycles. The van der Waals surface area contributed by atoms with Gasteiger partial charge >= 0.3 is 17.9 Å². The molecule has 42 atom stereocenters. The van der Waals surface area contributed by atoms with Crippen LogP contribution < -0.4 is 0 Å². The second kappa shape index (κ2) is 31.7. The van der Waals surface area contributed by atoms with Crippen molar-refractivity contribution < 1.29 is 188 Å². The monoisotopic (exact) mass is 1570 g/mol. The van der Waals surface area contributed by atoms with Crippen molar-refractivity contribution in [3.63, 3.8) is 0 Å². The van der Waals surface area contributed by atoms with Crippen LogP contribution in [0.2, 0.25) is 0 Å². The summed E-state index contributed by atoms with van der Waals surface area (Å²) in [7, 11) is 0. The Morgan fingerprint density at radius 2 is 1.09 bits per heavy atom. The molecule has 7 aliphatic heterocycles. The first-order chi connectivity index (χ1) is 51.0. The van der Waals surface area contributed by atoms with Crippen LogP contribution in [0.25, 0.3) is 0 Å². The quantitative estimate of drug-likeness (QED) is 0.0325.